The van der Waals surface area contributed by atoms with Crippen LogP contribution in [0.3, 0.4) is 0 Å². The van der Waals surface area contributed by atoms with Crippen molar-refractivity contribution in [3.8, 4) is 57.6 Å². The third-order valence-corrected chi connectivity index (χ3v) is 21.6. The molecule has 0 atom stereocenters. The van der Waals surface area contributed by atoms with Crippen molar-refractivity contribution >= 4 is 97.5 Å². The Morgan fingerprint density at radius 2 is 0.654 bits per heavy atom. The van der Waals surface area contributed by atoms with Gasteiger partial charge in [-0.1, -0.05) is 95.6 Å². The lowest BCUT2D eigenvalue weighted by atomic mass is 9.98. The van der Waals surface area contributed by atoms with Crippen molar-refractivity contribution in [1.82, 2.24) is 29.9 Å². The largest absolute Gasteiger partial charge is 0.299 e. The zero-order chi connectivity index (χ0) is 88.6. The summed E-state index contributed by atoms with van der Waals surface area (Å²) in [7, 11) is 0. The van der Waals surface area contributed by atoms with Crippen LogP contribution in [-0.2, 0) is 56.1 Å². The SMILES string of the molecule is C#Cc1cc(C2=Nc3ccc(C#Cc4ccc(F)cc4)cc3CC(=O)C2)ccn1.Cc1cc(C2=Nc3ccc(-c4ccc(Cl)cc4)cc3CC(=O)C2)ccn1.Cc1cc(C2=Nc3ccc(-c4ccccc4F)cc3CC(=O)C2)ccn1.Cc1cc(C2=Nc3ccc(-c4cccnc4F)cc3CC(=O)C2)ccn1.Cc1ccc2c(c1)CC(=O)CC(c1ccnc(C)c1)=N2. The van der Waals surface area contributed by atoms with Crippen molar-refractivity contribution < 1.29 is 37.1 Å². The number of nitrogens with zero attached hydrogens (tertiary/aromatic N) is 11. The molecular weight excluding hydrogens is 1610 g/mol. The van der Waals surface area contributed by atoms with E-state index in [9.17, 15) is 37.1 Å². The number of rotatable bonds is 8. The summed E-state index contributed by atoms with van der Waals surface area (Å²) in [6.45, 7) is 9.74. The summed E-state index contributed by atoms with van der Waals surface area (Å²) in [6.07, 6.45) is 18.7. The summed E-state index contributed by atoms with van der Waals surface area (Å²) in [5, 5.41) is 0.709. The molecule has 6 aromatic heterocycles. The Labute approximate surface area is 738 Å². The number of halogens is 4. The smallest absolute Gasteiger partial charge is 0.220 e. The summed E-state index contributed by atoms with van der Waals surface area (Å²) < 4.78 is 41.1. The number of carbonyl (C=O) groups is 5. The Bertz CT molecular complexity index is 6810. The number of aromatic nitrogens is 6. The quantitative estimate of drug-likeness (QED) is 0.103. The molecule has 5 aliphatic heterocycles. The van der Waals surface area contributed by atoms with E-state index >= 15 is 0 Å². The van der Waals surface area contributed by atoms with E-state index in [1.165, 1.54) is 24.4 Å². The van der Waals surface area contributed by atoms with E-state index in [4.69, 9.17) is 43.0 Å². The molecule has 0 N–H and O–H groups in total. The fourth-order valence-corrected chi connectivity index (χ4v) is 15.3. The molecule has 0 fully saturated rings. The molecule has 19 rings (SSSR count). The van der Waals surface area contributed by atoms with Crippen LogP contribution in [0.1, 0.15) is 133 Å². The Morgan fingerprint density at radius 1 is 0.299 bits per heavy atom. The van der Waals surface area contributed by atoms with E-state index in [1.807, 2.05) is 186 Å². The molecule has 0 saturated carbocycles. The topological polar surface area (TPSA) is 224 Å². The molecule has 11 heterocycles. The van der Waals surface area contributed by atoms with Gasteiger partial charge in [-0.15, -0.1) is 6.42 Å². The number of hydrogen-bond acceptors (Lipinski definition) is 16. The minimum absolute atomic E-state index is 0.0743. The van der Waals surface area contributed by atoms with E-state index in [-0.39, 0.29) is 66.2 Å². The van der Waals surface area contributed by atoms with Crippen LogP contribution in [0.5, 0.6) is 0 Å². The highest BCUT2D eigenvalue weighted by Crippen LogP contribution is 2.37. The number of Topliss-reactive ketones (excluding diaryl/α,β-unsaturated/α-hetero) is 5. The third-order valence-electron chi connectivity index (χ3n) is 21.4. The Kier molecular flexibility index (Phi) is 27.1. The minimum atomic E-state index is -0.524. The lowest BCUT2D eigenvalue weighted by Crippen LogP contribution is -2.09. The summed E-state index contributed by atoms with van der Waals surface area (Å²) in [5.41, 5.74) is 28.2. The van der Waals surface area contributed by atoms with Crippen LogP contribution in [0.4, 0.5) is 41.6 Å². The summed E-state index contributed by atoms with van der Waals surface area (Å²) in [5.74, 6) is 8.12. The second-order valence-corrected chi connectivity index (χ2v) is 31.6. The van der Waals surface area contributed by atoms with Gasteiger partial charge in [-0.3, -0.25) is 68.9 Å². The van der Waals surface area contributed by atoms with Crippen LogP contribution in [0.2, 0.25) is 5.02 Å². The molecule has 0 aliphatic carbocycles. The molecule has 0 bridgehead atoms. The monoisotopic (exact) mass is 1690 g/mol. The first-order valence-electron chi connectivity index (χ1n) is 41.1. The maximum absolute atomic E-state index is 14.1. The van der Waals surface area contributed by atoms with E-state index in [0.29, 0.717) is 71.6 Å². The lowest BCUT2D eigenvalue weighted by Gasteiger charge is -2.08. The number of hydrogen-bond donors (Lipinski definition) is 0. The Balaban J connectivity index is 0.000000123. The molecule has 0 unspecified atom stereocenters. The van der Waals surface area contributed by atoms with Gasteiger partial charge in [0.25, 0.3) is 0 Å². The highest BCUT2D eigenvalue weighted by molar-refractivity contribution is 6.30. The molecule has 0 radical (unpaired) electrons. The van der Waals surface area contributed by atoms with Crippen LogP contribution in [0.25, 0.3) is 33.4 Å². The van der Waals surface area contributed by atoms with E-state index in [2.05, 4.69) is 59.8 Å². The van der Waals surface area contributed by atoms with Gasteiger partial charge in [0.2, 0.25) is 5.95 Å². The normalized spacial score (nSPS) is 13.6. The number of ketones is 5. The first-order valence-corrected chi connectivity index (χ1v) is 41.5. The summed E-state index contributed by atoms with van der Waals surface area (Å²) in [4.78, 5) is 110. The van der Waals surface area contributed by atoms with Crippen molar-refractivity contribution in [1.29, 1.82) is 0 Å². The highest BCUT2D eigenvalue weighted by Gasteiger charge is 2.26. The van der Waals surface area contributed by atoms with Gasteiger partial charge in [0, 0.05) is 157 Å². The van der Waals surface area contributed by atoms with E-state index < -0.39 is 5.95 Å². The van der Waals surface area contributed by atoms with Gasteiger partial charge in [-0.2, -0.15) is 4.39 Å². The maximum Gasteiger partial charge on any atom is 0.220 e. The molecule has 5 aliphatic rings. The number of carbonyl (C=O) groups excluding carboxylic acids is 5. The molecule has 20 heteroatoms. The molecule has 622 valence electrons. The summed E-state index contributed by atoms with van der Waals surface area (Å²) in [6, 6.07) is 71.5. The van der Waals surface area contributed by atoms with E-state index in [0.717, 1.165) is 163 Å². The zero-order valence-corrected chi connectivity index (χ0v) is 70.9. The first-order chi connectivity index (χ1) is 61.5. The second kappa shape index (κ2) is 39.8. The number of benzene rings is 8. The van der Waals surface area contributed by atoms with Crippen LogP contribution in [-0.4, -0.2) is 87.4 Å². The van der Waals surface area contributed by atoms with Crippen LogP contribution in [0, 0.1) is 76.4 Å². The van der Waals surface area contributed by atoms with Crippen LogP contribution < -0.4 is 0 Å². The summed E-state index contributed by atoms with van der Waals surface area (Å²) >= 11 is 5.97. The molecule has 14 aromatic rings. The van der Waals surface area contributed by atoms with Crippen molar-refractivity contribution in [2.24, 2.45) is 25.0 Å². The van der Waals surface area contributed by atoms with Gasteiger partial charge >= 0.3 is 0 Å². The standard InChI is InChI=1S/C25H15FN2O.C22H17ClN2O.C22H17FN2O.C21H16FN3O.C17H16N2O/c1-2-22-14-19(11-12-27-22)25-16-23(29)15-20-13-18(7-10-24(20)28-25)4-3-17-5-8-21(26)9-6-17;1-14-10-17(8-9-24-14)22-13-20(26)12-18-11-16(4-7-21(18)25-22)15-2-5-19(23)6-3-15;1-14-10-16(8-9-24-14)22-13-18(26)12-17-11-15(6-7-21(17)25-22)19-4-2-3-5-20(19)23;1-13-9-15(6-8-23-13)20-12-17(26)11-16-10-14(4-5-19(16)25-20)18-3-2-7-24-21(18)22;1-11-3-4-16-14(7-11)9-15(20)10-17(19-16)13-5-6-18-12(2)8-13/h1,5-14H,15-16H2;2*2-11H,12-13H2,1H3;2-10H,11-12H2,1H3;3-8H,9-10H2,1-2H3. The zero-order valence-electron chi connectivity index (χ0n) is 70.1. The predicted octanol–water partition coefficient (Wildman–Crippen LogP) is 22.0. The Morgan fingerprint density at radius 3 is 1.09 bits per heavy atom. The molecule has 0 saturated heterocycles. The van der Waals surface area contributed by atoms with Gasteiger partial charge in [0.15, 0.2) is 0 Å². The molecule has 127 heavy (non-hydrogen) atoms. The second-order valence-electron chi connectivity index (χ2n) is 31.2. The molecule has 8 aromatic carbocycles. The van der Waals surface area contributed by atoms with Crippen molar-refractivity contribution in [3.05, 3.63) is 397 Å². The predicted molar refractivity (Wildman–Crippen MR) is 494 cm³/mol. The third kappa shape index (κ3) is 22.5. The van der Waals surface area contributed by atoms with Crippen LogP contribution in [0.15, 0.2) is 299 Å². The molecular formula is C107H81ClF3N11O5. The molecule has 16 nitrogen and oxygen atoms in total. The number of pyridine rings is 6. The Hall–Kier alpha value is -15.4. The number of aryl methyl sites for hydroxylation is 5. The van der Waals surface area contributed by atoms with Gasteiger partial charge in [0.1, 0.15) is 46.2 Å². The lowest BCUT2D eigenvalue weighted by molar-refractivity contribution is -0.118. The highest BCUT2D eigenvalue weighted by atomic mass is 35.5. The van der Waals surface area contributed by atoms with Gasteiger partial charge < -0.3 is 0 Å². The molecule has 0 amide bonds. The maximum atomic E-state index is 14.1. The van der Waals surface area contributed by atoms with Gasteiger partial charge in [-0.05, 0) is 283 Å². The fraction of sp³-hybridized carbons (Fsp3) is 0.140. The first kappa shape index (κ1) is 86.5. The van der Waals surface area contributed by atoms with Crippen LogP contribution >= 0.6 is 11.6 Å². The van der Waals surface area contributed by atoms with Gasteiger partial charge in [0.05, 0.1) is 57.0 Å². The average Bonchev–Trinajstić information content (AvgIpc) is 1.72. The molecule has 0 spiro atoms. The van der Waals surface area contributed by atoms with Gasteiger partial charge in [-0.25, -0.2) is 18.7 Å². The average molecular weight is 1690 g/mol. The van der Waals surface area contributed by atoms with Crippen molar-refractivity contribution in [2.45, 2.75) is 98.8 Å². The van der Waals surface area contributed by atoms with E-state index in [1.54, 1.807) is 85.6 Å². The number of aliphatic imine (C=N–C) groups is 5. The minimum Gasteiger partial charge on any atom is -0.299 e. The number of fused-ring (bicyclic) bond motifs is 5. The fourth-order valence-electron chi connectivity index (χ4n) is 15.2. The van der Waals surface area contributed by atoms with Crippen molar-refractivity contribution in [2.75, 3.05) is 0 Å². The number of terminal acetylenes is 1. The van der Waals surface area contributed by atoms with Crippen molar-refractivity contribution in [3.63, 3.8) is 0 Å².